The first-order chi connectivity index (χ1) is 18.6. The Balaban J connectivity index is 1.62. The van der Waals surface area contributed by atoms with E-state index in [-0.39, 0.29) is 17.4 Å². The van der Waals surface area contributed by atoms with E-state index in [1.54, 1.807) is 13.1 Å². The van der Waals surface area contributed by atoms with Crippen LogP contribution in [0.25, 0.3) is 11.1 Å². The van der Waals surface area contributed by atoms with Crippen molar-refractivity contribution in [3.05, 3.63) is 77.1 Å². The summed E-state index contributed by atoms with van der Waals surface area (Å²) in [4.78, 5) is 30.6. The van der Waals surface area contributed by atoms with Crippen LogP contribution >= 0.6 is 0 Å². The lowest BCUT2D eigenvalue weighted by Crippen LogP contribution is -2.43. The van der Waals surface area contributed by atoms with Gasteiger partial charge < -0.3 is 20.3 Å². The molecule has 3 aromatic rings. The topological polar surface area (TPSA) is 83.6 Å². The molecule has 0 fully saturated rings. The minimum atomic E-state index is -4.64. The lowest BCUT2D eigenvalue weighted by Gasteiger charge is -2.36. The molecule has 39 heavy (non-hydrogen) atoms. The number of hydrogen-bond donors (Lipinski definition) is 2. The number of aromatic nitrogens is 1. The zero-order valence-corrected chi connectivity index (χ0v) is 22.1. The van der Waals surface area contributed by atoms with E-state index in [9.17, 15) is 22.8 Å². The summed E-state index contributed by atoms with van der Waals surface area (Å²) >= 11 is 0. The molecule has 0 bridgehead atoms. The van der Waals surface area contributed by atoms with E-state index in [0.717, 1.165) is 40.2 Å². The first-order valence-corrected chi connectivity index (χ1v) is 12.7. The van der Waals surface area contributed by atoms with Gasteiger partial charge in [0.05, 0.1) is 12.5 Å². The fourth-order valence-corrected chi connectivity index (χ4v) is 4.74. The number of benzene rings is 2. The summed E-state index contributed by atoms with van der Waals surface area (Å²) in [5.74, 6) is -0.825. The molecule has 1 atom stereocenters. The van der Waals surface area contributed by atoms with Crippen molar-refractivity contribution in [2.45, 2.75) is 26.4 Å². The van der Waals surface area contributed by atoms with E-state index in [4.69, 9.17) is 4.74 Å². The van der Waals surface area contributed by atoms with E-state index >= 15 is 0 Å². The number of amides is 2. The van der Waals surface area contributed by atoms with Crippen LogP contribution in [0.5, 0.6) is 0 Å². The van der Waals surface area contributed by atoms with Gasteiger partial charge in [-0.2, -0.15) is 13.2 Å². The van der Waals surface area contributed by atoms with Gasteiger partial charge in [0.25, 0.3) is 5.91 Å². The number of anilines is 2. The Hall–Kier alpha value is -3.92. The maximum absolute atomic E-state index is 13.0. The molecule has 0 radical (unpaired) electrons. The fourth-order valence-electron chi connectivity index (χ4n) is 4.74. The fraction of sp³-hybridized carbons (Fsp3) is 0.345. The summed E-state index contributed by atoms with van der Waals surface area (Å²) < 4.78 is 44.7. The largest absolute Gasteiger partial charge is 0.433 e. The minimum absolute atomic E-state index is 0.00183. The molecule has 206 valence electrons. The highest BCUT2D eigenvalue weighted by molar-refractivity contribution is 6.04. The molecule has 2 N–H and O–H groups in total. The summed E-state index contributed by atoms with van der Waals surface area (Å²) in [7, 11) is 1.64. The molecule has 0 saturated carbocycles. The highest BCUT2D eigenvalue weighted by Crippen LogP contribution is 2.36. The summed E-state index contributed by atoms with van der Waals surface area (Å²) in [6, 6.07) is 13.4. The Labute approximate surface area is 225 Å². The molecular formula is C29H31F3N4O3. The van der Waals surface area contributed by atoms with Gasteiger partial charge in [-0.05, 0) is 72.9 Å². The normalized spacial score (nSPS) is 15.0. The van der Waals surface area contributed by atoms with Crippen LogP contribution in [0.1, 0.15) is 34.1 Å². The number of aryl methyl sites for hydroxylation is 1. The molecule has 2 aromatic carbocycles. The molecule has 0 saturated heterocycles. The average molecular weight is 541 g/mol. The minimum Gasteiger partial charge on any atom is -0.380 e. The van der Waals surface area contributed by atoms with Gasteiger partial charge in [0.15, 0.2) is 0 Å². The smallest absolute Gasteiger partial charge is 0.380 e. The highest BCUT2D eigenvalue weighted by Gasteiger charge is 2.33. The first kappa shape index (κ1) is 28.1. The SMILES string of the molecule is CCOCCN1CC(C(=O)NC)Cc2ccc(-c3cc(NC(=O)c4ccnc(C(F)(F)F)c4)ccc3C)cc21. The molecule has 10 heteroatoms. The van der Waals surface area contributed by atoms with Gasteiger partial charge in [0, 0.05) is 49.9 Å². The second-order valence-corrected chi connectivity index (χ2v) is 9.41. The summed E-state index contributed by atoms with van der Waals surface area (Å²) in [6.07, 6.45) is -3.05. The molecule has 2 heterocycles. The van der Waals surface area contributed by atoms with Crippen LogP contribution in [-0.4, -0.2) is 50.1 Å². The predicted octanol–water partition coefficient (Wildman–Crippen LogP) is 5.09. The van der Waals surface area contributed by atoms with E-state index in [1.807, 2.05) is 38.1 Å². The van der Waals surface area contributed by atoms with E-state index in [0.29, 0.717) is 38.4 Å². The molecular weight excluding hydrogens is 509 g/mol. The number of halogens is 3. The van der Waals surface area contributed by atoms with Crippen molar-refractivity contribution in [1.82, 2.24) is 10.3 Å². The number of nitrogens with one attached hydrogen (secondary N) is 2. The number of alkyl halides is 3. The van der Waals surface area contributed by atoms with Gasteiger partial charge in [0.2, 0.25) is 5.91 Å². The molecule has 7 nitrogen and oxygen atoms in total. The second kappa shape index (κ2) is 11.9. The van der Waals surface area contributed by atoms with Gasteiger partial charge in [0.1, 0.15) is 5.69 Å². The number of ether oxygens (including phenoxy) is 1. The van der Waals surface area contributed by atoms with Crippen LogP contribution in [0.4, 0.5) is 24.5 Å². The molecule has 0 aliphatic carbocycles. The van der Waals surface area contributed by atoms with Gasteiger partial charge >= 0.3 is 6.18 Å². The lowest BCUT2D eigenvalue weighted by molar-refractivity contribution is -0.141. The summed E-state index contributed by atoms with van der Waals surface area (Å²) in [5.41, 5.74) is 4.05. The van der Waals surface area contributed by atoms with Crippen molar-refractivity contribution in [3.8, 4) is 11.1 Å². The summed E-state index contributed by atoms with van der Waals surface area (Å²) in [6.45, 7) is 6.24. The zero-order valence-electron chi connectivity index (χ0n) is 22.1. The Morgan fingerprint density at radius 1 is 1.13 bits per heavy atom. The van der Waals surface area contributed by atoms with Crippen molar-refractivity contribution in [2.75, 3.05) is 43.6 Å². The standard InChI is InChI=1S/C29H31F3N4O3/c1-4-39-12-11-36-17-22(27(37)33-3)13-20-7-6-19(14-25(20)36)24-16-23(8-5-18(24)2)35-28(38)21-9-10-34-26(15-21)29(30,31)32/h5-10,14-16,22H,4,11-13,17H2,1-3H3,(H,33,37)(H,35,38). The zero-order chi connectivity index (χ0) is 28.2. The van der Waals surface area contributed by atoms with Crippen LogP contribution in [0, 0.1) is 12.8 Å². The number of rotatable bonds is 8. The molecule has 1 aliphatic heterocycles. The van der Waals surface area contributed by atoms with E-state index in [2.05, 4.69) is 26.6 Å². The van der Waals surface area contributed by atoms with Crippen LogP contribution in [0.15, 0.2) is 54.7 Å². The Morgan fingerprint density at radius 3 is 2.64 bits per heavy atom. The molecule has 4 rings (SSSR count). The Kier molecular flexibility index (Phi) is 8.54. The van der Waals surface area contributed by atoms with Gasteiger partial charge in [-0.1, -0.05) is 18.2 Å². The Bertz CT molecular complexity index is 1360. The molecule has 2 amide bonds. The first-order valence-electron chi connectivity index (χ1n) is 12.7. The monoisotopic (exact) mass is 540 g/mol. The number of nitrogens with zero attached hydrogens (tertiary/aromatic N) is 2. The van der Waals surface area contributed by atoms with Crippen LogP contribution in [0.3, 0.4) is 0 Å². The third kappa shape index (κ3) is 6.57. The van der Waals surface area contributed by atoms with Gasteiger partial charge in [-0.3, -0.25) is 14.6 Å². The van der Waals surface area contributed by atoms with Crippen LogP contribution < -0.4 is 15.5 Å². The highest BCUT2D eigenvalue weighted by atomic mass is 19.4. The number of carbonyl (C=O) groups is 2. The quantitative estimate of drug-likeness (QED) is 0.389. The predicted molar refractivity (Wildman–Crippen MR) is 144 cm³/mol. The molecule has 1 unspecified atom stereocenters. The molecule has 1 aromatic heterocycles. The number of hydrogen-bond acceptors (Lipinski definition) is 5. The third-order valence-corrected chi connectivity index (χ3v) is 6.78. The molecule has 1 aliphatic rings. The Morgan fingerprint density at radius 2 is 1.92 bits per heavy atom. The van der Waals surface area contributed by atoms with Crippen molar-refractivity contribution >= 4 is 23.2 Å². The lowest BCUT2D eigenvalue weighted by atomic mass is 9.89. The number of carbonyl (C=O) groups excluding carboxylic acids is 2. The third-order valence-electron chi connectivity index (χ3n) is 6.78. The van der Waals surface area contributed by atoms with Crippen molar-refractivity contribution < 1.29 is 27.5 Å². The average Bonchev–Trinajstić information content (AvgIpc) is 2.93. The molecule has 0 spiro atoms. The van der Waals surface area contributed by atoms with Crippen molar-refractivity contribution in [3.63, 3.8) is 0 Å². The van der Waals surface area contributed by atoms with Crippen LogP contribution in [-0.2, 0) is 22.1 Å². The van der Waals surface area contributed by atoms with Crippen molar-refractivity contribution in [2.24, 2.45) is 5.92 Å². The van der Waals surface area contributed by atoms with Crippen molar-refractivity contribution in [1.29, 1.82) is 0 Å². The number of fused-ring (bicyclic) bond motifs is 1. The maximum Gasteiger partial charge on any atom is 0.433 e. The maximum atomic E-state index is 13.0. The van der Waals surface area contributed by atoms with Gasteiger partial charge in [-0.15, -0.1) is 0 Å². The van der Waals surface area contributed by atoms with Gasteiger partial charge in [-0.25, -0.2) is 0 Å². The summed E-state index contributed by atoms with van der Waals surface area (Å²) in [5, 5.41) is 5.45. The number of pyridine rings is 1. The second-order valence-electron chi connectivity index (χ2n) is 9.41. The van der Waals surface area contributed by atoms with E-state index in [1.165, 1.54) is 6.07 Å². The van der Waals surface area contributed by atoms with Crippen LogP contribution in [0.2, 0.25) is 0 Å². The van der Waals surface area contributed by atoms with E-state index < -0.39 is 17.8 Å².